The van der Waals surface area contributed by atoms with Crippen molar-refractivity contribution in [1.82, 2.24) is 0 Å². The van der Waals surface area contributed by atoms with Gasteiger partial charge in [-0.2, -0.15) is 0 Å². The highest BCUT2D eigenvalue weighted by Gasteiger charge is 2.18. The van der Waals surface area contributed by atoms with Gasteiger partial charge in [-0.05, 0) is 54.6 Å². The van der Waals surface area contributed by atoms with E-state index in [0.717, 1.165) is 4.31 Å². The van der Waals surface area contributed by atoms with Gasteiger partial charge < -0.3 is 20.7 Å². The van der Waals surface area contributed by atoms with Gasteiger partial charge in [-0.1, -0.05) is 59.2 Å². The van der Waals surface area contributed by atoms with Crippen LogP contribution >= 0.6 is 59.2 Å². The van der Waals surface area contributed by atoms with Crippen LogP contribution in [0.2, 0.25) is 20.1 Å². The lowest BCUT2D eigenvalue weighted by atomic mass is 10.2. The summed E-state index contributed by atoms with van der Waals surface area (Å²) in [7, 11) is 1.44. The molecule has 3 aromatic rings. The van der Waals surface area contributed by atoms with Gasteiger partial charge in [-0.3, -0.25) is 0 Å². The Labute approximate surface area is 215 Å². The molecule has 0 aliphatic carbocycles. The van der Waals surface area contributed by atoms with Crippen molar-refractivity contribution in [2.24, 2.45) is 0 Å². The molecule has 3 N–H and O–H groups in total. The van der Waals surface area contributed by atoms with Gasteiger partial charge in [0.25, 0.3) is 0 Å². The van der Waals surface area contributed by atoms with Crippen LogP contribution in [0, 0.1) is 0 Å². The second kappa shape index (κ2) is 11.1. The Bertz CT molecular complexity index is 1190. The van der Waals surface area contributed by atoms with E-state index >= 15 is 0 Å². The Morgan fingerprint density at radius 1 is 0.788 bits per heavy atom. The highest BCUT2D eigenvalue weighted by atomic mass is 35.5. The van der Waals surface area contributed by atoms with Crippen LogP contribution < -0.4 is 25.0 Å². The van der Waals surface area contributed by atoms with Gasteiger partial charge in [0.1, 0.15) is 11.4 Å². The molecule has 0 aliphatic rings. The van der Waals surface area contributed by atoms with E-state index < -0.39 is 12.1 Å². The zero-order chi connectivity index (χ0) is 24.1. The van der Waals surface area contributed by atoms with Crippen molar-refractivity contribution in [3.05, 3.63) is 74.7 Å². The van der Waals surface area contributed by atoms with E-state index in [9.17, 15) is 9.59 Å². The van der Waals surface area contributed by atoms with E-state index in [4.69, 9.17) is 51.1 Å². The van der Waals surface area contributed by atoms with E-state index in [2.05, 4.69) is 28.8 Å². The van der Waals surface area contributed by atoms with Gasteiger partial charge >= 0.3 is 12.1 Å². The highest BCUT2D eigenvalue weighted by Crippen LogP contribution is 2.33. The van der Waals surface area contributed by atoms with Crippen LogP contribution in [0.5, 0.6) is 5.75 Å². The van der Waals surface area contributed by atoms with Crippen molar-refractivity contribution in [1.29, 1.82) is 0 Å². The summed E-state index contributed by atoms with van der Waals surface area (Å²) in [6.45, 7) is 0. The number of hydrogen-bond acceptors (Lipinski definition) is 4. The predicted molar refractivity (Wildman–Crippen MR) is 139 cm³/mol. The molecule has 3 rings (SSSR count). The number of urea groups is 2. The van der Waals surface area contributed by atoms with Gasteiger partial charge in [-0.25, -0.2) is 13.9 Å². The van der Waals surface area contributed by atoms with Crippen LogP contribution in [0.15, 0.2) is 54.6 Å². The summed E-state index contributed by atoms with van der Waals surface area (Å²) >= 11 is 28.1. The van der Waals surface area contributed by atoms with Gasteiger partial charge in [0, 0.05) is 27.1 Å². The molecule has 0 aliphatic heterocycles. The number of rotatable bonds is 5. The summed E-state index contributed by atoms with van der Waals surface area (Å²) in [5.41, 5.74) is 1.48. The van der Waals surface area contributed by atoms with Gasteiger partial charge in [-0.15, -0.1) is 0 Å². The average Bonchev–Trinajstić information content (AvgIpc) is 2.75. The fourth-order valence-electron chi connectivity index (χ4n) is 2.71. The fraction of sp³-hybridized carbons (Fsp3) is 0.0476. The molecule has 0 saturated carbocycles. The zero-order valence-electron chi connectivity index (χ0n) is 16.8. The van der Waals surface area contributed by atoms with E-state index in [1.165, 1.54) is 31.4 Å². The first-order valence-corrected chi connectivity index (χ1v) is 11.0. The number of nitrogens with one attached hydrogen (secondary N) is 3. The number of carbonyl (C=O) groups excluding carboxylic acids is 2. The Kier molecular flexibility index (Phi) is 8.45. The lowest BCUT2D eigenvalue weighted by molar-refractivity contribution is 0.260. The van der Waals surface area contributed by atoms with Gasteiger partial charge in [0.15, 0.2) is 0 Å². The van der Waals surface area contributed by atoms with E-state index in [1.807, 2.05) is 0 Å². The number of nitrogens with zero attached hydrogens (tertiary/aromatic N) is 1. The van der Waals surface area contributed by atoms with Crippen LogP contribution in [0.1, 0.15) is 0 Å². The minimum atomic E-state index is -0.604. The van der Waals surface area contributed by atoms with Crippen LogP contribution in [0.4, 0.5) is 32.3 Å². The molecule has 0 saturated heterocycles. The van der Waals surface area contributed by atoms with Crippen molar-refractivity contribution < 1.29 is 14.3 Å². The third kappa shape index (κ3) is 6.75. The molecule has 12 heteroatoms. The predicted octanol–water partition coefficient (Wildman–Crippen LogP) is 7.84. The zero-order valence-corrected chi connectivity index (χ0v) is 20.7. The fourth-order valence-corrected chi connectivity index (χ4v) is 3.74. The molecule has 4 amide bonds. The summed E-state index contributed by atoms with van der Waals surface area (Å²) in [5, 5.41) is 9.34. The normalized spacial score (nSPS) is 10.4. The molecule has 0 bridgehead atoms. The lowest BCUT2D eigenvalue weighted by Crippen LogP contribution is -2.27. The molecule has 0 heterocycles. The SMILES string of the molecule is COc1ccc(NC(=O)Nc2ccc(Cl)c(Cl)c2)cc1N(S)C(=O)Nc1cc(Cl)cc(Cl)c1. The first-order chi connectivity index (χ1) is 15.7. The Morgan fingerprint density at radius 3 is 2.00 bits per heavy atom. The molecule has 172 valence electrons. The maximum absolute atomic E-state index is 12.7. The molecule has 7 nitrogen and oxygen atoms in total. The second-order valence-electron chi connectivity index (χ2n) is 6.49. The molecule has 3 aromatic carbocycles. The van der Waals surface area contributed by atoms with E-state index in [0.29, 0.717) is 42.9 Å². The van der Waals surface area contributed by atoms with Crippen molar-refractivity contribution in [3.63, 3.8) is 0 Å². The number of carbonyl (C=O) groups is 2. The number of halogens is 4. The third-order valence-corrected chi connectivity index (χ3v) is 5.72. The Morgan fingerprint density at radius 2 is 1.39 bits per heavy atom. The molecule has 0 fully saturated rings. The Balaban J connectivity index is 1.75. The minimum Gasteiger partial charge on any atom is -0.495 e. The van der Waals surface area contributed by atoms with Crippen molar-refractivity contribution in [2.45, 2.75) is 0 Å². The van der Waals surface area contributed by atoms with Crippen LogP contribution in [0.25, 0.3) is 0 Å². The number of benzene rings is 3. The lowest BCUT2D eigenvalue weighted by Gasteiger charge is -2.20. The number of ether oxygens (including phenoxy) is 1. The molecular weight excluding hydrogens is 530 g/mol. The molecule has 0 unspecified atom stereocenters. The van der Waals surface area contributed by atoms with Crippen LogP contribution in [-0.2, 0) is 0 Å². The summed E-state index contributed by atoms with van der Waals surface area (Å²) < 4.78 is 6.34. The highest BCUT2D eigenvalue weighted by molar-refractivity contribution is 7.82. The monoisotopic (exact) mass is 544 g/mol. The third-order valence-electron chi connectivity index (χ3n) is 4.15. The molecular formula is C21H16Cl4N4O3S. The maximum Gasteiger partial charge on any atom is 0.336 e. The standard InChI is InChI=1S/C21H16Cl4N4O3S/c1-32-19-5-3-14(27-20(30)26-13-2-4-16(24)17(25)9-13)10-18(19)29(33)21(31)28-15-7-11(22)6-12(23)8-15/h2-10,33H,1H3,(H,28,31)(H2,26,27,30). The largest absolute Gasteiger partial charge is 0.495 e. The van der Waals surface area contributed by atoms with Gasteiger partial charge in [0.2, 0.25) is 0 Å². The molecule has 0 aromatic heterocycles. The summed E-state index contributed by atoms with van der Waals surface area (Å²) in [6, 6.07) is 12.9. The smallest absolute Gasteiger partial charge is 0.336 e. The average molecular weight is 546 g/mol. The number of anilines is 4. The topological polar surface area (TPSA) is 82.7 Å². The molecule has 33 heavy (non-hydrogen) atoms. The minimum absolute atomic E-state index is 0.277. The first kappa shape index (κ1) is 25.1. The molecule has 0 atom stereocenters. The van der Waals surface area contributed by atoms with E-state index in [-0.39, 0.29) is 5.69 Å². The summed E-state index contributed by atoms with van der Waals surface area (Å²) in [4.78, 5) is 25.1. The maximum atomic E-state index is 12.7. The second-order valence-corrected chi connectivity index (χ2v) is 8.58. The van der Waals surface area contributed by atoms with Crippen molar-refractivity contribution in [3.8, 4) is 5.75 Å². The first-order valence-electron chi connectivity index (χ1n) is 9.13. The van der Waals surface area contributed by atoms with E-state index in [1.54, 1.807) is 30.3 Å². The number of methoxy groups -OCH3 is 1. The molecule has 0 radical (unpaired) electrons. The van der Waals surface area contributed by atoms with Crippen molar-refractivity contribution >= 4 is 94.0 Å². The summed E-state index contributed by atoms with van der Waals surface area (Å²) in [5.74, 6) is 0.347. The number of thiol groups is 1. The summed E-state index contributed by atoms with van der Waals surface area (Å²) in [6.07, 6.45) is 0. The van der Waals surface area contributed by atoms with Gasteiger partial charge in [0.05, 0.1) is 17.2 Å². The quantitative estimate of drug-likeness (QED) is 0.246. The van der Waals surface area contributed by atoms with Crippen LogP contribution in [0.3, 0.4) is 0 Å². The number of hydrogen-bond donors (Lipinski definition) is 4. The van der Waals surface area contributed by atoms with Crippen LogP contribution in [-0.4, -0.2) is 19.2 Å². The number of amides is 4. The molecule has 0 spiro atoms. The van der Waals surface area contributed by atoms with Crippen molar-refractivity contribution in [2.75, 3.05) is 27.4 Å². The Hall–Kier alpha value is -2.49.